The topological polar surface area (TPSA) is 71.4 Å². The quantitative estimate of drug-likeness (QED) is 0.882. The molecule has 0 radical (unpaired) electrons. The Labute approximate surface area is 121 Å². The van der Waals surface area contributed by atoms with Gasteiger partial charge < -0.3 is 5.11 Å². The number of sulfone groups is 1. The Bertz CT molecular complexity index is 797. The molecule has 2 aromatic rings. The molecule has 0 aliphatic carbocycles. The van der Waals surface area contributed by atoms with Crippen LogP contribution in [0.2, 0.25) is 0 Å². The highest BCUT2D eigenvalue weighted by Crippen LogP contribution is 2.20. The lowest BCUT2D eigenvalue weighted by atomic mass is 10.2. The first-order valence-corrected chi connectivity index (χ1v) is 7.76. The van der Waals surface area contributed by atoms with Crippen LogP contribution in [0.4, 0.5) is 4.39 Å². The molecule has 6 heteroatoms. The largest absolute Gasteiger partial charge is 0.478 e. The van der Waals surface area contributed by atoms with Gasteiger partial charge in [-0.05, 0) is 30.7 Å². The van der Waals surface area contributed by atoms with Crippen LogP contribution < -0.4 is 0 Å². The first-order chi connectivity index (χ1) is 9.79. The molecule has 1 N–H and O–H groups in total. The van der Waals surface area contributed by atoms with Gasteiger partial charge >= 0.3 is 5.97 Å². The average Bonchev–Trinajstić information content (AvgIpc) is 2.38. The van der Waals surface area contributed by atoms with Gasteiger partial charge in [0.1, 0.15) is 5.82 Å². The van der Waals surface area contributed by atoms with E-state index in [1.54, 1.807) is 18.2 Å². The number of aromatic carboxylic acids is 1. The minimum atomic E-state index is -3.73. The van der Waals surface area contributed by atoms with Crippen LogP contribution in [0.15, 0.2) is 47.4 Å². The van der Waals surface area contributed by atoms with Crippen molar-refractivity contribution in [3.8, 4) is 0 Å². The van der Waals surface area contributed by atoms with Crippen LogP contribution >= 0.6 is 0 Å². The minimum Gasteiger partial charge on any atom is -0.478 e. The molecular formula is C15H13FO4S. The maximum atomic E-state index is 13.3. The van der Waals surface area contributed by atoms with E-state index in [1.807, 2.05) is 13.0 Å². The molecule has 0 bridgehead atoms. The van der Waals surface area contributed by atoms with Crippen LogP contribution in [0.25, 0.3) is 0 Å². The highest BCUT2D eigenvalue weighted by atomic mass is 32.2. The van der Waals surface area contributed by atoms with E-state index in [0.717, 1.165) is 23.8 Å². The van der Waals surface area contributed by atoms with Crippen molar-refractivity contribution in [1.82, 2.24) is 0 Å². The van der Waals surface area contributed by atoms with Crippen LogP contribution in [0.1, 0.15) is 21.5 Å². The zero-order valence-corrected chi connectivity index (χ0v) is 12.0. The van der Waals surface area contributed by atoms with Crippen molar-refractivity contribution < 1.29 is 22.7 Å². The molecule has 0 aromatic heterocycles. The zero-order chi connectivity index (χ0) is 15.6. The first kappa shape index (κ1) is 15.2. The van der Waals surface area contributed by atoms with E-state index in [4.69, 9.17) is 5.11 Å². The Hall–Kier alpha value is -2.21. The van der Waals surface area contributed by atoms with Crippen LogP contribution in [-0.2, 0) is 15.6 Å². The first-order valence-electron chi connectivity index (χ1n) is 6.11. The SMILES string of the molecule is Cc1cccc(CS(=O)(=O)c2ccc(F)c(C(=O)O)c2)c1. The van der Waals surface area contributed by atoms with Gasteiger partial charge in [0.25, 0.3) is 0 Å². The van der Waals surface area contributed by atoms with E-state index in [-0.39, 0.29) is 10.6 Å². The molecule has 21 heavy (non-hydrogen) atoms. The number of halogens is 1. The van der Waals surface area contributed by atoms with Crippen LogP contribution in [-0.4, -0.2) is 19.5 Å². The van der Waals surface area contributed by atoms with E-state index >= 15 is 0 Å². The third kappa shape index (κ3) is 3.46. The summed E-state index contributed by atoms with van der Waals surface area (Å²) in [6.07, 6.45) is 0. The van der Waals surface area contributed by atoms with Gasteiger partial charge in [0.2, 0.25) is 0 Å². The Balaban J connectivity index is 2.40. The second-order valence-electron chi connectivity index (χ2n) is 4.69. The summed E-state index contributed by atoms with van der Waals surface area (Å²) >= 11 is 0. The third-order valence-electron chi connectivity index (χ3n) is 2.97. The third-order valence-corrected chi connectivity index (χ3v) is 4.65. The summed E-state index contributed by atoms with van der Waals surface area (Å²) in [6, 6.07) is 9.78. The molecule has 0 amide bonds. The standard InChI is InChI=1S/C15H13FO4S/c1-10-3-2-4-11(7-10)9-21(19,20)12-5-6-14(16)13(8-12)15(17)18/h2-8H,9H2,1H3,(H,17,18). The van der Waals surface area contributed by atoms with Crippen molar-refractivity contribution in [2.24, 2.45) is 0 Å². The van der Waals surface area contributed by atoms with Crippen molar-refractivity contribution >= 4 is 15.8 Å². The zero-order valence-electron chi connectivity index (χ0n) is 11.2. The summed E-state index contributed by atoms with van der Waals surface area (Å²) in [7, 11) is -3.73. The predicted octanol–water partition coefficient (Wildman–Crippen LogP) is 2.81. The Morgan fingerprint density at radius 1 is 1.19 bits per heavy atom. The predicted molar refractivity (Wildman–Crippen MR) is 75.4 cm³/mol. The number of rotatable bonds is 4. The molecule has 110 valence electrons. The summed E-state index contributed by atoms with van der Waals surface area (Å²) in [6.45, 7) is 1.84. The summed E-state index contributed by atoms with van der Waals surface area (Å²) in [5.41, 5.74) is 0.865. The number of carboxylic acids is 1. The van der Waals surface area contributed by atoms with E-state index in [0.29, 0.717) is 5.56 Å². The lowest BCUT2D eigenvalue weighted by Gasteiger charge is -2.07. The van der Waals surface area contributed by atoms with Gasteiger partial charge in [-0.15, -0.1) is 0 Å². The Kier molecular flexibility index (Phi) is 4.09. The van der Waals surface area contributed by atoms with Gasteiger partial charge in [-0.25, -0.2) is 17.6 Å². The van der Waals surface area contributed by atoms with E-state index in [2.05, 4.69) is 0 Å². The molecule has 0 heterocycles. The van der Waals surface area contributed by atoms with Crippen LogP contribution in [0.3, 0.4) is 0 Å². The van der Waals surface area contributed by atoms with Crippen molar-refractivity contribution in [3.05, 3.63) is 65.0 Å². The lowest BCUT2D eigenvalue weighted by Crippen LogP contribution is -2.08. The molecular weight excluding hydrogens is 295 g/mol. The minimum absolute atomic E-state index is 0.206. The number of carbonyl (C=O) groups is 1. The van der Waals surface area contributed by atoms with E-state index in [1.165, 1.54) is 0 Å². The molecule has 0 fully saturated rings. The number of hydrogen-bond acceptors (Lipinski definition) is 3. The van der Waals surface area contributed by atoms with Gasteiger partial charge in [-0.1, -0.05) is 29.8 Å². The summed E-state index contributed by atoms with van der Waals surface area (Å²) in [5.74, 6) is -2.73. The fourth-order valence-corrected chi connectivity index (χ4v) is 3.32. The van der Waals surface area contributed by atoms with Crippen molar-refractivity contribution in [2.75, 3.05) is 0 Å². The second-order valence-corrected chi connectivity index (χ2v) is 6.68. The smallest absolute Gasteiger partial charge is 0.338 e. The van der Waals surface area contributed by atoms with Gasteiger partial charge in [0.15, 0.2) is 9.84 Å². The number of carboxylic acid groups (broad SMARTS) is 1. The second kappa shape index (κ2) is 5.65. The highest BCUT2D eigenvalue weighted by Gasteiger charge is 2.19. The Morgan fingerprint density at radius 2 is 1.90 bits per heavy atom. The number of aryl methyl sites for hydroxylation is 1. The maximum Gasteiger partial charge on any atom is 0.338 e. The van der Waals surface area contributed by atoms with E-state index in [9.17, 15) is 17.6 Å². The molecule has 0 aliphatic heterocycles. The number of benzene rings is 2. The van der Waals surface area contributed by atoms with Gasteiger partial charge in [0.05, 0.1) is 16.2 Å². The maximum absolute atomic E-state index is 13.3. The molecule has 0 aliphatic rings. The fourth-order valence-electron chi connectivity index (χ4n) is 1.97. The van der Waals surface area contributed by atoms with Crippen molar-refractivity contribution in [3.63, 3.8) is 0 Å². The summed E-state index contributed by atoms with van der Waals surface area (Å²) < 4.78 is 37.9. The molecule has 0 atom stereocenters. The van der Waals surface area contributed by atoms with Crippen LogP contribution in [0, 0.1) is 12.7 Å². The summed E-state index contributed by atoms with van der Waals surface area (Å²) in [4.78, 5) is 10.7. The molecule has 2 aromatic carbocycles. The van der Waals surface area contributed by atoms with Crippen molar-refractivity contribution in [1.29, 1.82) is 0 Å². The molecule has 4 nitrogen and oxygen atoms in total. The molecule has 2 rings (SSSR count). The van der Waals surface area contributed by atoms with Gasteiger partial charge in [-0.2, -0.15) is 0 Å². The monoisotopic (exact) mass is 308 g/mol. The lowest BCUT2D eigenvalue weighted by molar-refractivity contribution is 0.0691. The Morgan fingerprint density at radius 3 is 2.52 bits per heavy atom. The average molecular weight is 308 g/mol. The number of hydrogen-bond donors (Lipinski definition) is 1. The van der Waals surface area contributed by atoms with Gasteiger partial charge in [0, 0.05) is 0 Å². The molecule has 0 saturated carbocycles. The van der Waals surface area contributed by atoms with Gasteiger partial charge in [-0.3, -0.25) is 0 Å². The summed E-state index contributed by atoms with van der Waals surface area (Å²) in [5, 5.41) is 8.85. The van der Waals surface area contributed by atoms with Crippen LogP contribution in [0.5, 0.6) is 0 Å². The highest BCUT2D eigenvalue weighted by molar-refractivity contribution is 7.90. The molecule has 0 spiro atoms. The molecule has 0 unspecified atom stereocenters. The molecule has 0 saturated heterocycles. The van der Waals surface area contributed by atoms with Crippen molar-refractivity contribution in [2.45, 2.75) is 17.6 Å². The normalized spacial score (nSPS) is 11.3. The fraction of sp³-hybridized carbons (Fsp3) is 0.133. The van der Waals surface area contributed by atoms with E-state index < -0.39 is 27.2 Å².